The van der Waals surface area contributed by atoms with Gasteiger partial charge in [-0.2, -0.15) is 0 Å². The van der Waals surface area contributed by atoms with Crippen LogP contribution in [-0.4, -0.2) is 37.2 Å². The van der Waals surface area contributed by atoms with Crippen molar-refractivity contribution in [2.24, 2.45) is 0 Å². The highest BCUT2D eigenvalue weighted by molar-refractivity contribution is 5.71. The largest absolute Gasteiger partial charge is 0.462 e. The summed E-state index contributed by atoms with van der Waals surface area (Å²) < 4.78 is 16.7. The molecule has 1 unspecified atom stereocenters. The second-order valence-corrected chi connectivity index (χ2v) is 15.5. The summed E-state index contributed by atoms with van der Waals surface area (Å²) >= 11 is 0. The third-order valence-electron chi connectivity index (χ3n) is 9.64. The molecule has 0 spiro atoms. The highest BCUT2D eigenvalue weighted by Gasteiger charge is 2.19. The zero-order valence-electron chi connectivity index (χ0n) is 38.9. The van der Waals surface area contributed by atoms with Gasteiger partial charge in [-0.15, -0.1) is 0 Å². The Labute approximate surface area is 373 Å². The van der Waals surface area contributed by atoms with Crippen molar-refractivity contribution < 1.29 is 28.6 Å². The van der Waals surface area contributed by atoms with Gasteiger partial charge in [-0.3, -0.25) is 14.4 Å². The molecule has 0 fully saturated rings. The second-order valence-electron chi connectivity index (χ2n) is 15.5. The number of unbranched alkanes of at least 4 members (excludes halogenated alkanes) is 17. The molecule has 0 bridgehead atoms. The van der Waals surface area contributed by atoms with Crippen LogP contribution in [0, 0.1) is 0 Å². The first-order chi connectivity index (χ1) is 30.0. The van der Waals surface area contributed by atoms with Crippen molar-refractivity contribution in [2.75, 3.05) is 13.2 Å². The van der Waals surface area contributed by atoms with Crippen LogP contribution in [0.25, 0.3) is 0 Å². The summed E-state index contributed by atoms with van der Waals surface area (Å²) in [5.41, 5.74) is 0. The number of esters is 3. The summed E-state index contributed by atoms with van der Waals surface area (Å²) in [4.78, 5) is 37.8. The third-order valence-corrected chi connectivity index (χ3v) is 9.64. The molecule has 0 aromatic rings. The van der Waals surface area contributed by atoms with E-state index >= 15 is 0 Å². The van der Waals surface area contributed by atoms with E-state index in [0.29, 0.717) is 12.8 Å². The molecule has 61 heavy (non-hydrogen) atoms. The van der Waals surface area contributed by atoms with Gasteiger partial charge in [-0.1, -0.05) is 206 Å². The second kappa shape index (κ2) is 48.5. The maximum absolute atomic E-state index is 12.7. The van der Waals surface area contributed by atoms with Gasteiger partial charge in [0.2, 0.25) is 0 Å². The van der Waals surface area contributed by atoms with Gasteiger partial charge < -0.3 is 14.2 Å². The molecule has 0 rings (SSSR count). The quantitative estimate of drug-likeness (QED) is 0.0201. The normalized spacial score (nSPS) is 13.2. The van der Waals surface area contributed by atoms with Crippen LogP contribution in [0.3, 0.4) is 0 Å². The Bertz CT molecular complexity index is 1340. The summed E-state index contributed by atoms with van der Waals surface area (Å²) in [5.74, 6) is -1.02. The van der Waals surface area contributed by atoms with E-state index in [1.54, 1.807) is 0 Å². The van der Waals surface area contributed by atoms with Gasteiger partial charge in [0.05, 0.1) is 0 Å². The Morgan fingerprint density at radius 3 is 1.11 bits per heavy atom. The van der Waals surface area contributed by atoms with Crippen LogP contribution in [0.4, 0.5) is 0 Å². The Balaban J connectivity index is 4.55. The standard InChI is InChI=1S/C55H86O6/c1-4-7-10-13-16-19-22-24-25-26-27-28-29-31-33-36-39-42-45-48-54(57)60-51-52(50-59-53(56)47-44-41-38-35-32-21-18-15-12-9-6-3)61-55(58)49-46-43-40-37-34-30-23-20-17-14-11-8-5-2/h7,10,13,15-16,18-19,21-22,24-34,52H,4-6,8-9,11-12,14,17,20,23,35-51H2,1-3H3/b10-7-,16-13-,18-15-,22-19-,25-24-,27-26+,29-28-,32-21-,33-31-,34-30-. The molecule has 0 aliphatic rings. The van der Waals surface area contributed by atoms with Gasteiger partial charge >= 0.3 is 17.9 Å². The summed E-state index contributed by atoms with van der Waals surface area (Å²) in [5, 5.41) is 0. The lowest BCUT2D eigenvalue weighted by atomic mass is 10.1. The Morgan fingerprint density at radius 1 is 0.344 bits per heavy atom. The van der Waals surface area contributed by atoms with E-state index < -0.39 is 6.10 Å². The van der Waals surface area contributed by atoms with Crippen LogP contribution < -0.4 is 0 Å². The van der Waals surface area contributed by atoms with Crippen molar-refractivity contribution in [1.82, 2.24) is 0 Å². The average molecular weight is 843 g/mol. The fourth-order valence-electron chi connectivity index (χ4n) is 5.98. The molecule has 0 amide bonds. The van der Waals surface area contributed by atoms with E-state index in [4.69, 9.17) is 14.2 Å². The predicted molar refractivity (Wildman–Crippen MR) is 260 cm³/mol. The van der Waals surface area contributed by atoms with E-state index in [2.05, 4.69) is 69.4 Å². The molecule has 6 heteroatoms. The fourth-order valence-corrected chi connectivity index (χ4v) is 5.98. The van der Waals surface area contributed by atoms with Crippen molar-refractivity contribution in [3.05, 3.63) is 122 Å². The van der Waals surface area contributed by atoms with E-state index in [0.717, 1.165) is 96.3 Å². The monoisotopic (exact) mass is 843 g/mol. The van der Waals surface area contributed by atoms with Crippen molar-refractivity contribution >= 4 is 17.9 Å². The third kappa shape index (κ3) is 46.7. The van der Waals surface area contributed by atoms with Crippen molar-refractivity contribution in [3.8, 4) is 0 Å². The number of carbonyl (C=O) groups excluding carboxylic acids is 3. The number of rotatable bonds is 41. The van der Waals surface area contributed by atoms with Crippen molar-refractivity contribution in [3.63, 3.8) is 0 Å². The molecular formula is C55H86O6. The Morgan fingerprint density at radius 2 is 0.672 bits per heavy atom. The molecule has 6 nitrogen and oxygen atoms in total. The van der Waals surface area contributed by atoms with Gasteiger partial charge in [0.15, 0.2) is 6.10 Å². The molecule has 0 aromatic carbocycles. The molecule has 1 atom stereocenters. The average Bonchev–Trinajstić information content (AvgIpc) is 3.26. The van der Waals surface area contributed by atoms with Crippen LogP contribution in [0.5, 0.6) is 0 Å². The van der Waals surface area contributed by atoms with Crippen LogP contribution in [0.15, 0.2) is 122 Å². The van der Waals surface area contributed by atoms with E-state index in [-0.39, 0.29) is 37.5 Å². The number of allylic oxidation sites excluding steroid dienone is 20. The summed E-state index contributed by atoms with van der Waals surface area (Å²) in [6.07, 6.45) is 66.0. The van der Waals surface area contributed by atoms with Crippen LogP contribution in [0.1, 0.15) is 188 Å². The minimum atomic E-state index is -0.817. The lowest BCUT2D eigenvalue weighted by molar-refractivity contribution is -0.167. The van der Waals surface area contributed by atoms with Crippen molar-refractivity contribution in [1.29, 1.82) is 0 Å². The van der Waals surface area contributed by atoms with Gasteiger partial charge in [0.1, 0.15) is 13.2 Å². The van der Waals surface area contributed by atoms with Gasteiger partial charge in [-0.05, 0) is 83.5 Å². The minimum Gasteiger partial charge on any atom is -0.462 e. The predicted octanol–water partition coefficient (Wildman–Crippen LogP) is 15.7. The molecule has 342 valence electrons. The Hall–Kier alpha value is -4.19. The minimum absolute atomic E-state index is 0.117. The Kier molecular flexibility index (Phi) is 45.1. The lowest BCUT2D eigenvalue weighted by Gasteiger charge is -2.18. The molecule has 0 aromatic heterocycles. The molecule has 0 radical (unpaired) electrons. The van der Waals surface area contributed by atoms with E-state index in [1.165, 1.54) is 51.4 Å². The maximum Gasteiger partial charge on any atom is 0.306 e. The summed E-state index contributed by atoms with van der Waals surface area (Å²) in [6, 6.07) is 0. The molecule has 0 heterocycles. The molecule has 0 N–H and O–H groups in total. The number of carbonyl (C=O) groups is 3. The number of ether oxygens (including phenoxy) is 3. The van der Waals surface area contributed by atoms with Crippen LogP contribution in [-0.2, 0) is 28.6 Å². The lowest BCUT2D eigenvalue weighted by Crippen LogP contribution is -2.30. The molecule has 0 saturated heterocycles. The molecule has 0 aliphatic carbocycles. The van der Waals surface area contributed by atoms with Crippen LogP contribution >= 0.6 is 0 Å². The zero-order valence-corrected chi connectivity index (χ0v) is 38.9. The first kappa shape index (κ1) is 56.8. The SMILES string of the molecule is CC\C=C/C=C\C=C/C=C\C=C\C=C/C=C\CCCCCC(=O)OCC(COC(=O)CCCCC/C=C\C=C/CCCC)OC(=O)CCCCC/C=C\CCCCCCCC. The van der Waals surface area contributed by atoms with Gasteiger partial charge in [0, 0.05) is 19.3 Å². The highest BCUT2D eigenvalue weighted by atomic mass is 16.6. The summed E-state index contributed by atoms with van der Waals surface area (Å²) in [7, 11) is 0. The number of hydrogen-bond acceptors (Lipinski definition) is 6. The van der Waals surface area contributed by atoms with Gasteiger partial charge in [0.25, 0.3) is 0 Å². The summed E-state index contributed by atoms with van der Waals surface area (Å²) in [6.45, 7) is 6.32. The molecule has 0 aliphatic heterocycles. The first-order valence-corrected chi connectivity index (χ1v) is 24.2. The first-order valence-electron chi connectivity index (χ1n) is 24.2. The maximum atomic E-state index is 12.7. The van der Waals surface area contributed by atoms with E-state index in [1.807, 2.05) is 72.9 Å². The molecule has 0 saturated carbocycles. The van der Waals surface area contributed by atoms with Gasteiger partial charge in [-0.25, -0.2) is 0 Å². The smallest absolute Gasteiger partial charge is 0.306 e. The topological polar surface area (TPSA) is 78.9 Å². The fraction of sp³-hybridized carbons (Fsp3) is 0.582. The highest BCUT2D eigenvalue weighted by Crippen LogP contribution is 2.12. The van der Waals surface area contributed by atoms with Crippen molar-refractivity contribution in [2.45, 2.75) is 194 Å². The number of hydrogen-bond donors (Lipinski definition) is 0. The zero-order chi connectivity index (χ0) is 44.4. The van der Waals surface area contributed by atoms with Crippen LogP contribution in [0.2, 0.25) is 0 Å². The molecular weight excluding hydrogens is 757 g/mol. The van der Waals surface area contributed by atoms with E-state index in [9.17, 15) is 14.4 Å².